The van der Waals surface area contributed by atoms with Crippen molar-refractivity contribution in [2.24, 2.45) is 5.73 Å². The van der Waals surface area contributed by atoms with Crippen molar-refractivity contribution in [3.8, 4) is 0 Å². The van der Waals surface area contributed by atoms with Gasteiger partial charge in [0.1, 0.15) is 6.04 Å². The van der Waals surface area contributed by atoms with Crippen LogP contribution in [-0.2, 0) is 16.0 Å². The lowest BCUT2D eigenvalue weighted by Crippen LogP contribution is -2.50. The molecule has 0 aromatic carbocycles. The number of hydrogen-bond acceptors (Lipinski definition) is 5. The fraction of sp³-hybridized carbons (Fsp3) is 0.444. The first-order chi connectivity index (χ1) is 8.04. The van der Waals surface area contributed by atoms with Crippen molar-refractivity contribution in [1.29, 1.82) is 0 Å². The number of nitrogens with zero attached hydrogens (tertiary/aromatic N) is 1. The first-order valence-electron chi connectivity index (χ1n) is 4.91. The molecule has 5 N–H and O–H groups in total. The number of carboxylic acid groups (broad SMARTS) is 1. The fourth-order valence-electron chi connectivity index (χ4n) is 1.18. The van der Waals surface area contributed by atoms with E-state index in [4.69, 9.17) is 10.8 Å². The van der Waals surface area contributed by atoms with Crippen LogP contribution in [0.15, 0.2) is 12.5 Å². The molecule has 1 rings (SSSR count). The van der Waals surface area contributed by atoms with E-state index in [0.717, 1.165) is 0 Å². The molecule has 0 fully saturated rings. The highest BCUT2D eigenvalue weighted by Gasteiger charge is 2.23. The van der Waals surface area contributed by atoms with Crippen LogP contribution in [0.2, 0.25) is 0 Å². The zero-order valence-electron chi connectivity index (χ0n) is 8.96. The monoisotopic (exact) mass is 258 g/mol. The van der Waals surface area contributed by atoms with Crippen LogP contribution in [0.5, 0.6) is 0 Å². The summed E-state index contributed by atoms with van der Waals surface area (Å²) < 4.78 is 0. The minimum absolute atomic E-state index is 0.125. The van der Waals surface area contributed by atoms with Crippen LogP contribution in [0, 0.1) is 0 Å². The van der Waals surface area contributed by atoms with E-state index in [-0.39, 0.29) is 12.2 Å². The number of hydrogen-bond donors (Lipinski definition) is 5. The number of thiol groups is 1. The molecular weight excluding hydrogens is 244 g/mol. The normalized spacial score (nSPS) is 14.0. The van der Waals surface area contributed by atoms with Crippen LogP contribution in [-0.4, -0.2) is 44.8 Å². The Bertz CT molecular complexity index is 382. The predicted molar refractivity (Wildman–Crippen MR) is 63.7 cm³/mol. The number of H-pyrrole nitrogens is 1. The maximum atomic E-state index is 11.4. The van der Waals surface area contributed by atoms with Gasteiger partial charge in [0.25, 0.3) is 0 Å². The van der Waals surface area contributed by atoms with Gasteiger partial charge in [-0.3, -0.25) is 4.79 Å². The van der Waals surface area contributed by atoms with Gasteiger partial charge in [-0.15, -0.1) is 0 Å². The second-order valence-electron chi connectivity index (χ2n) is 3.47. The summed E-state index contributed by atoms with van der Waals surface area (Å²) in [5, 5.41) is 11.3. The molecule has 0 saturated heterocycles. The largest absolute Gasteiger partial charge is 0.480 e. The van der Waals surface area contributed by atoms with Crippen LogP contribution >= 0.6 is 12.6 Å². The molecule has 17 heavy (non-hydrogen) atoms. The van der Waals surface area contributed by atoms with Gasteiger partial charge in [-0.2, -0.15) is 12.6 Å². The number of aromatic nitrogens is 2. The van der Waals surface area contributed by atoms with Gasteiger partial charge < -0.3 is 21.1 Å². The molecule has 0 saturated carbocycles. The van der Waals surface area contributed by atoms with Crippen molar-refractivity contribution in [2.75, 3.05) is 5.75 Å². The Morgan fingerprint density at radius 2 is 2.35 bits per heavy atom. The molecule has 0 spiro atoms. The molecule has 1 aromatic heterocycles. The third kappa shape index (κ3) is 4.08. The van der Waals surface area contributed by atoms with E-state index in [2.05, 4.69) is 27.9 Å². The number of nitrogens with one attached hydrogen (secondary N) is 2. The van der Waals surface area contributed by atoms with Gasteiger partial charge in [0, 0.05) is 24.1 Å². The van der Waals surface area contributed by atoms with Gasteiger partial charge in [0.05, 0.1) is 12.4 Å². The molecule has 2 atom stereocenters. The first-order valence-corrected chi connectivity index (χ1v) is 5.54. The van der Waals surface area contributed by atoms with E-state index in [1.165, 1.54) is 12.5 Å². The minimum Gasteiger partial charge on any atom is -0.480 e. The fourth-order valence-corrected chi connectivity index (χ4v) is 1.34. The highest BCUT2D eigenvalue weighted by Crippen LogP contribution is 1.99. The maximum absolute atomic E-state index is 11.4. The Balaban J connectivity index is 2.61. The molecule has 0 aliphatic rings. The number of rotatable bonds is 6. The predicted octanol–water partition coefficient (Wildman–Crippen LogP) is -1.22. The van der Waals surface area contributed by atoms with Gasteiger partial charge in [-0.1, -0.05) is 0 Å². The first kappa shape index (κ1) is 13.5. The molecule has 0 aliphatic carbocycles. The Hall–Kier alpha value is -1.54. The summed E-state index contributed by atoms with van der Waals surface area (Å²) in [6, 6.07) is -1.85. The van der Waals surface area contributed by atoms with E-state index < -0.39 is 24.0 Å². The van der Waals surface area contributed by atoms with Gasteiger partial charge in [-0.05, 0) is 0 Å². The number of carbonyl (C=O) groups is 2. The molecule has 0 radical (unpaired) electrons. The number of amides is 1. The standard InChI is InChI=1S/C9H14N4O3S/c10-6(3-17)8(14)13-7(9(15)16)1-5-2-11-4-12-5/h2,4,6-7,17H,1,3,10H2,(H,11,12)(H,13,14)(H,15,16)/t6-,7-/m0/s1. The molecule has 1 aromatic rings. The Morgan fingerprint density at radius 1 is 1.65 bits per heavy atom. The molecule has 7 nitrogen and oxygen atoms in total. The number of imidazole rings is 1. The summed E-state index contributed by atoms with van der Waals surface area (Å²) in [6.07, 6.45) is 3.07. The van der Waals surface area contributed by atoms with Crippen LogP contribution in [0.25, 0.3) is 0 Å². The van der Waals surface area contributed by atoms with Crippen molar-refractivity contribution >= 4 is 24.5 Å². The van der Waals surface area contributed by atoms with Gasteiger partial charge >= 0.3 is 5.97 Å². The van der Waals surface area contributed by atoms with Crippen molar-refractivity contribution in [3.05, 3.63) is 18.2 Å². The summed E-state index contributed by atoms with van der Waals surface area (Å²) >= 11 is 3.87. The highest BCUT2D eigenvalue weighted by molar-refractivity contribution is 7.80. The van der Waals surface area contributed by atoms with Crippen LogP contribution in [0.3, 0.4) is 0 Å². The summed E-state index contributed by atoms with van der Waals surface area (Å²) in [7, 11) is 0. The van der Waals surface area contributed by atoms with E-state index in [1.807, 2.05) is 0 Å². The van der Waals surface area contributed by atoms with E-state index in [0.29, 0.717) is 5.69 Å². The maximum Gasteiger partial charge on any atom is 0.326 e. The smallest absolute Gasteiger partial charge is 0.326 e. The number of carbonyl (C=O) groups excluding carboxylic acids is 1. The van der Waals surface area contributed by atoms with Crippen LogP contribution < -0.4 is 11.1 Å². The number of carboxylic acids is 1. The second-order valence-corrected chi connectivity index (χ2v) is 3.83. The van der Waals surface area contributed by atoms with Crippen molar-refractivity contribution in [3.63, 3.8) is 0 Å². The quantitative estimate of drug-likeness (QED) is 0.409. The SMILES string of the molecule is N[C@@H](CS)C(=O)N[C@@H](Cc1cnc[nH]1)C(=O)O. The zero-order chi connectivity index (χ0) is 12.8. The van der Waals surface area contributed by atoms with Crippen molar-refractivity contribution < 1.29 is 14.7 Å². The molecule has 1 amide bonds. The van der Waals surface area contributed by atoms with E-state index >= 15 is 0 Å². The van der Waals surface area contributed by atoms with Crippen molar-refractivity contribution in [2.45, 2.75) is 18.5 Å². The zero-order valence-corrected chi connectivity index (χ0v) is 9.85. The third-order valence-corrected chi connectivity index (χ3v) is 2.52. The summed E-state index contributed by atoms with van der Waals surface area (Å²) in [5.74, 6) is -1.51. The number of aliphatic carboxylic acids is 1. The van der Waals surface area contributed by atoms with E-state index in [9.17, 15) is 9.59 Å². The van der Waals surface area contributed by atoms with Gasteiger partial charge in [-0.25, -0.2) is 9.78 Å². The Kier molecular flexibility index (Phi) is 4.98. The van der Waals surface area contributed by atoms with E-state index in [1.54, 1.807) is 0 Å². The number of aromatic amines is 1. The third-order valence-electron chi connectivity index (χ3n) is 2.13. The van der Waals surface area contributed by atoms with Gasteiger partial charge in [0.15, 0.2) is 0 Å². The topological polar surface area (TPSA) is 121 Å². The molecule has 94 valence electrons. The molecule has 0 aliphatic heterocycles. The summed E-state index contributed by atoms with van der Waals surface area (Å²) in [4.78, 5) is 28.9. The average Bonchev–Trinajstić information content (AvgIpc) is 2.79. The van der Waals surface area contributed by atoms with Crippen LogP contribution in [0.4, 0.5) is 0 Å². The molecule has 1 heterocycles. The minimum atomic E-state index is -1.13. The van der Waals surface area contributed by atoms with Crippen molar-refractivity contribution in [1.82, 2.24) is 15.3 Å². The lowest BCUT2D eigenvalue weighted by Gasteiger charge is -2.16. The lowest BCUT2D eigenvalue weighted by atomic mass is 10.1. The molecule has 8 heteroatoms. The Morgan fingerprint density at radius 3 is 2.82 bits per heavy atom. The van der Waals surface area contributed by atoms with Crippen LogP contribution in [0.1, 0.15) is 5.69 Å². The van der Waals surface area contributed by atoms with Gasteiger partial charge in [0.2, 0.25) is 5.91 Å². The highest BCUT2D eigenvalue weighted by atomic mass is 32.1. The second kappa shape index (κ2) is 6.26. The number of nitrogens with two attached hydrogens (primary N) is 1. The summed E-state index contributed by atoms with van der Waals surface area (Å²) in [5.41, 5.74) is 6.06. The average molecular weight is 258 g/mol. The molecular formula is C9H14N4O3S. The summed E-state index contributed by atoms with van der Waals surface area (Å²) in [6.45, 7) is 0. The molecule has 0 unspecified atom stereocenters. The Labute approximate surface area is 103 Å². The molecule has 0 bridgehead atoms. The lowest BCUT2D eigenvalue weighted by molar-refractivity contribution is -0.141.